The maximum absolute atomic E-state index is 12.7. The Morgan fingerprint density at radius 3 is 2.81 bits per heavy atom. The summed E-state index contributed by atoms with van der Waals surface area (Å²) in [5.74, 6) is 0.0957. The van der Waals surface area contributed by atoms with Crippen LogP contribution in [0.4, 0.5) is 10.5 Å². The van der Waals surface area contributed by atoms with E-state index in [2.05, 4.69) is 16.0 Å². The number of nitrogens with one attached hydrogen (secondary N) is 3. The first-order valence-electron chi connectivity index (χ1n) is 9.19. The van der Waals surface area contributed by atoms with Crippen LogP contribution in [0.1, 0.15) is 32.3 Å². The predicted octanol–water partition coefficient (Wildman–Crippen LogP) is 2.28. The van der Waals surface area contributed by atoms with Gasteiger partial charge in [0.1, 0.15) is 12.1 Å². The summed E-state index contributed by atoms with van der Waals surface area (Å²) in [5, 5.41) is 9.03. The minimum atomic E-state index is -0.515. The normalized spacial score (nSPS) is 24.6. The third-order valence-electron chi connectivity index (χ3n) is 5.06. The Morgan fingerprint density at radius 2 is 2.11 bits per heavy atom. The fraction of sp³-hybridized carbons (Fsp3) is 0.526. The quantitative estimate of drug-likeness (QED) is 0.734. The van der Waals surface area contributed by atoms with Crippen LogP contribution in [0.2, 0.25) is 5.02 Å². The molecule has 0 unspecified atom stereocenters. The minimum absolute atomic E-state index is 0.0660. The number of piperazine rings is 1. The number of carbonyl (C=O) groups excluding carboxylic acids is 3. The maximum Gasteiger partial charge on any atom is 0.319 e. The number of amides is 4. The van der Waals surface area contributed by atoms with Gasteiger partial charge in [-0.25, -0.2) is 4.79 Å². The molecule has 8 heteroatoms. The lowest BCUT2D eigenvalue weighted by Crippen LogP contribution is -2.61. The van der Waals surface area contributed by atoms with Gasteiger partial charge in [-0.15, -0.1) is 0 Å². The lowest BCUT2D eigenvalue weighted by Gasteiger charge is -2.35. The van der Waals surface area contributed by atoms with Crippen LogP contribution >= 0.6 is 11.6 Å². The molecule has 1 aromatic carbocycles. The van der Waals surface area contributed by atoms with Gasteiger partial charge >= 0.3 is 6.03 Å². The van der Waals surface area contributed by atoms with E-state index in [9.17, 15) is 14.4 Å². The van der Waals surface area contributed by atoms with E-state index in [0.717, 1.165) is 5.56 Å². The Morgan fingerprint density at radius 1 is 1.37 bits per heavy atom. The molecule has 0 aromatic heterocycles. The molecule has 0 bridgehead atoms. The van der Waals surface area contributed by atoms with Gasteiger partial charge < -0.3 is 20.9 Å². The van der Waals surface area contributed by atoms with Gasteiger partial charge in [0.25, 0.3) is 0 Å². The maximum atomic E-state index is 12.7. The van der Waals surface area contributed by atoms with E-state index < -0.39 is 12.1 Å². The van der Waals surface area contributed by atoms with Crippen LogP contribution in [0.25, 0.3) is 0 Å². The Kier molecular flexibility index (Phi) is 5.60. The van der Waals surface area contributed by atoms with E-state index in [1.165, 1.54) is 0 Å². The zero-order chi connectivity index (χ0) is 19.7. The highest BCUT2D eigenvalue weighted by Gasteiger charge is 2.46. The van der Waals surface area contributed by atoms with Gasteiger partial charge in [0, 0.05) is 17.3 Å². The van der Waals surface area contributed by atoms with Gasteiger partial charge in [0.15, 0.2) is 0 Å². The second-order valence-electron chi connectivity index (χ2n) is 7.64. The van der Waals surface area contributed by atoms with Crippen molar-refractivity contribution < 1.29 is 14.4 Å². The van der Waals surface area contributed by atoms with Crippen molar-refractivity contribution in [1.29, 1.82) is 0 Å². The van der Waals surface area contributed by atoms with Gasteiger partial charge in [-0.2, -0.15) is 0 Å². The number of hydrogen-bond acceptors (Lipinski definition) is 3. The number of carbonyl (C=O) groups is 3. The lowest BCUT2D eigenvalue weighted by molar-refractivity contribution is -0.147. The van der Waals surface area contributed by atoms with Crippen molar-refractivity contribution in [3.63, 3.8) is 0 Å². The fourth-order valence-corrected chi connectivity index (χ4v) is 3.85. The van der Waals surface area contributed by atoms with Gasteiger partial charge in [-0.1, -0.05) is 31.5 Å². The molecule has 146 valence electrons. The predicted molar refractivity (Wildman–Crippen MR) is 104 cm³/mol. The first kappa shape index (κ1) is 19.5. The second kappa shape index (κ2) is 7.76. The third kappa shape index (κ3) is 4.18. The van der Waals surface area contributed by atoms with Gasteiger partial charge in [-0.3, -0.25) is 9.59 Å². The van der Waals surface area contributed by atoms with Gasteiger partial charge in [0.05, 0.1) is 6.04 Å². The van der Waals surface area contributed by atoms with Crippen molar-refractivity contribution >= 4 is 35.1 Å². The second-order valence-corrected chi connectivity index (χ2v) is 8.05. The summed E-state index contributed by atoms with van der Waals surface area (Å²) in [6, 6.07) is 3.64. The van der Waals surface area contributed by atoms with Gasteiger partial charge in [-0.05, 0) is 43.4 Å². The first-order chi connectivity index (χ1) is 12.8. The highest BCUT2D eigenvalue weighted by atomic mass is 35.5. The molecule has 3 N–H and O–H groups in total. The average molecular weight is 393 g/mol. The molecule has 2 aliphatic rings. The van der Waals surface area contributed by atoms with Gasteiger partial charge in [0.2, 0.25) is 11.8 Å². The number of urea groups is 1. The van der Waals surface area contributed by atoms with Crippen molar-refractivity contribution in [2.24, 2.45) is 5.92 Å². The van der Waals surface area contributed by atoms with Crippen molar-refractivity contribution in [2.45, 2.75) is 51.7 Å². The van der Waals surface area contributed by atoms with Crippen LogP contribution < -0.4 is 16.0 Å². The third-order valence-corrected chi connectivity index (χ3v) is 5.47. The first-order valence-corrected chi connectivity index (χ1v) is 9.57. The highest BCUT2D eigenvalue weighted by molar-refractivity contribution is 6.31. The Hall–Kier alpha value is -2.28. The van der Waals surface area contributed by atoms with Crippen LogP contribution in [0.3, 0.4) is 0 Å². The number of rotatable bonds is 4. The molecule has 2 saturated heterocycles. The SMILES string of the molecule is Cc1c(Cl)cccc1NC(=O)N[C@H]1C[C@H]2C(=O)N[C@@H](CC(C)C)C(=O)N2C1. The zero-order valence-electron chi connectivity index (χ0n) is 15.7. The summed E-state index contributed by atoms with van der Waals surface area (Å²) in [5.41, 5.74) is 1.41. The summed E-state index contributed by atoms with van der Waals surface area (Å²) in [4.78, 5) is 39.0. The molecule has 0 aliphatic carbocycles. The molecule has 2 aliphatic heterocycles. The summed E-state index contributed by atoms with van der Waals surface area (Å²) in [6.07, 6.45) is 1.02. The highest BCUT2D eigenvalue weighted by Crippen LogP contribution is 2.26. The summed E-state index contributed by atoms with van der Waals surface area (Å²) in [6.45, 7) is 6.20. The molecular formula is C19H25ClN4O3. The Labute approximate surface area is 163 Å². The molecule has 0 spiro atoms. The van der Waals surface area contributed by atoms with Crippen LogP contribution in [0.5, 0.6) is 0 Å². The molecule has 3 atom stereocenters. The van der Waals surface area contributed by atoms with Crippen molar-refractivity contribution in [3.05, 3.63) is 28.8 Å². The molecular weight excluding hydrogens is 368 g/mol. The Balaban J connectivity index is 1.62. The number of halogens is 1. The van der Waals surface area contributed by atoms with E-state index in [-0.39, 0.29) is 23.9 Å². The number of fused-ring (bicyclic) bond motifs is 1. The topological polar surface area (TPSA) is 90.5 Å². The fourth-order valence-electron chi connectivity index (χ4n) is 3.68. The van der Waals surface area contributed by atoms with Crippen LogP contribution in [-0.2, 0) is 9.59 Å². The Bertz CT molecular complexity index is 767. The summed E-state index contributed by atoms with van der Waals surface area (Å²) in [7, 11) is 0. The van der Waals surface area contributed by atoms with E-state index in [0.29, 0.717) is 36.0 Å². The van der Waals surface area contributed by atoms with Crippen molar-refractivity contribution in [1.82, 2.24) is 15.5 Å². The molecule has 0 radical (unpaired) electrons. The molecule has 1 aromatic rings. The van der Waals surface area contributed by atoms with E-state index >= 15 is 0 Å². The lowest BCUT2D eigenvalue weighted by atomic mass is 9.99. The largest absolute Gasteiger partial charge is 0.342 e. The van der Waals surface area contributed by atoms with Crippen molar-refractivity contribution in [2.75, 3.05) is 11.9 Å². The van der Waals surface area contributed by atoms with E-state index in [4.69, 9.17) is 11.6 Å². The molecule has 2 heterocycles. The van der Waals surface area contributed by atoms with E-state index in [1.807, 2.05) is 20.8 Å². The number of benzene rings is 1. The zero-order valence-corrected chi connectivity index (χ0v) is 16.5. The van der Waals surface area contributed by atoms with Crippen LogP contribution in [0.15, 0.2) is 18.2 Å². The number of hydrogen-bond donors (Lipinski definition) is 3. The standard InChI is InChI=1S/C19H25ClN4O3/c1-10(2)7-15-18(26)24-9-12(8-16(24)17(25)22-15)21-19(27)23-14-6-4-5-13(20)11(14)3/h4-6,10,12,15-16H,7-9H2,1-3H3,(H,22,25)(H2,21,23,27)/t12-,15-,16-/m0/s1. The molecule has 7 nitrogen and oxygen atoms in total. The molecule has 3 rings (SSSR count). The minimum Gasteiger partial charge on any atom is -0.342 e. The van der Waals surface area contributed by atoms with Crippen LogP contribution in [0, 0.1) is 12.8 Å². The molecule has 4 amide bonds. The monoisotopic (exact) mass is 392 g/mol. The molecule has 0 saturated carbocycles. The van der Waals surface area contributed by atoms with Crippen LogP contribution in [-0.4, -0.2) is 47.4 Å². The summed E-state index contributed by atoms with van der Waals surface area (Å²) >= 11 is 6.07. The molecule has 27 heavy (non-hydrogen) atoms. The van der Waals surface area contributed by atoms with E-state index in [1.54, 1.807) is 23.1 Å². The smallest absolute Gasteiger partial charge is 0.319 e. The number of anilines is 1. The number of nitrogens with zero attached hydrogens (tertiary/aromatic N) is 1. The summed E-state index contributed by atoms with van der Waals surface area (Å²) < 4.78 is 0. The average Bonchev–Trinajstić information content (AvgIpc) is 3.00. The molecule has 2 fully saturated rings. The van der Waals surface area contributed by atoms with Crippen molar-refractivity contribution in [3.8, 4) is 0 Å².